The lowest BCUT2D eigenvalue weighted by molar-refractivity contribution is -0.116. The number of carbonyl (C=O) groups excluding carboxylic acids is 2. The van der Waals surface area contributed by atoms with Crippen molar-refractivity contribution in [3.05, 3.63) is 71.4 Å². The van der Waals surface area contributed by atoms with Crippen molar-refractivity contribution in [3.63, 3.8) is 0 Å². The number of rotatable bonds is 6. The van der Waals surface area contributed by atoms with Crippen LogP contribution in [0.5, 0.6) is 0 Å². The van der Waals surface area contributed by atoms with Crippen molar-refractivity contribution in [2.24, 2.45) is 0 Å². The third kappa shape index (κ3) is 4.58. The highest BCUT2D eigenvalue weighted by Crippen LogP contribution is 2.25. The van der Waals surface area contributed by atoms with Gasteiger partial charge in [-0.05, 0) is 24.3 Å². The first kappa shape index (κ1) is 17.0. The second-order valence-electron chi connectivity index (χ2n) is 5.38. The number of carbonyl (C=O) groups is 2. The number of ketones is 1. The number of anilines is 1. The van der Waals surface area contributed by atoms with E-state index in [0.717, 1.165) is 5.56 Å². The standard InChI is InChI=1S/C19H15FN2O2S/c20-15-8-6-13(7-9-15)16-12-25-19(21-16)22-18(24)11-10-17(23)14-4-2-1-3-5-14/h1-9,12H,10-11H2,(H,21,22,24). The van der Waals surface area contributed by atoms with E-state index in [1.807, 2.05) is 6.07 Å². The van der Waals surface area contributed by atoms with Gasteiger partial charge in [0.1, 0.15) is 5.82 Å². The molecule has 0 saturated heterocycles. The number of aromatic nitrogens is 1. The van der Waals surface area contributed by atoms with Crippen LogP contribution in [0.25, 0.3) is 11.3 Å². The van der Waals surface area contributed by atoms with E-state index in [0.29, 0.717) is 16.4 Å². The van der Waals surface area contributed by atoms with E-state index in [9.17, 15) is 14.0 Å². The second-order valence-corrected chi connectivity index (χ2v) is 6.24. The van der Waals surface area contributed by atoms with Gasteiger partial charge in [-0.3, -0.25) is 9.59 Å². The molecule has 0 radical (unpaired) electrons. The van der Waals surface area contributed by atoms with Gasteiger partial charge in [0.15, 0.2) is 10.9 Å². The Morgan fingerprint density at radius 3 is 2.44 bits per heavy atom. The van der Waals surface area contributed by atoms with Crippen molar-refractivity contribution in [2.75, 3.05) is 5.32 Å². The highest BCUT2D eigenvalue weighted by atomic mass is 32.1. The molecule has 1 heterocycles. The summed E-state index contributed by atoms with van der Waals surface area (Å²) in [6, 6.07) is 14.9. The molecule has 6 heteroatoms. The van der Waals surface area contributed by atoms with Gasteiger partial charge in [-0.25, -0.2) is 9.37 Å². The molecular weight excluding hydrogens is 339 g/mol. The van der Waals surface area contributed by atoms with Gasteiger partial charge in [0.25, 0.3) is 0 Å². The van der Waals surface area contributed by atoms with Gasteiger partial charge >= 0.3 is 0 Å². The summed E-state index contributed by atoms with van der Waals surface area (Å²) in [6.07, 6.45) is 0.241. The van der Waals surface area contributed by atoms with Gasteiger partial charge in [0.05, 0.1) is 5.69 Å². The Bertz CT molecular complexity index is 876. The van der Waals surface area contributed by atoms with Gasteiger partial charge in [-0.1, -0.05) is 30.3 Å². The predicted molar refractivity (Wildman–Crippen MR) is 96.1 cm³/mol. The molecule has 0 atom stereocenters. The molecule has 0 aliphatic carbocycles. The van der Waals surface area contributed by atoms with Crippen LogP contribution in [0.15, 0.2) is 60.0 Å². The Kier molecular flexibility index (Phi) is 5.30. The van der Waals surface area contributed by atoms with Crippen LogP contribution in [-0.4, -0.2) is 16.7 Å². The Labute approximate surface area is 148 Å². The minimum atomic E-state index is -0.310. The Balaban J connectivity index is 1.55. The normalized spacial score (nSPS) is 10.4. The maximum absolute atomic E-state index is 12.9. The summed E-state index contributed by atoms with van der Waals surface area (Å²) in [4.78, 5) is 28.3. The number of nitrogens with zero attached hydrogens (tertiary/aromatic N) is 1. The number of nitrogens with one attached hydrogen (secondary N) is 1. The smallest absolute Gasteiger partial charge is 0.226 e. The third-order valence-corrected chi connectivity index (χ3v) is 4.32. The molecule has 25 heavy (non-hydrogen) atoms. The van der Waals surface area contributed by atoms with Crippen LogP contribution in [0.1, 0.15) is 23.2 Å². The summed E-state index contributed by atoms with van der Waals surface area (Å²) < 4.78 is 12.9. The third-order valence-electron chi connectivity index (χ3n) is 3.57. The van der Waals surface area contributed by atoms with Crippen molar-refractivity contribution in [3.8, 4) is 11.3 Å². The first-order chi connectivity index (χ1) is 12.1. The molecule has 4 nitrogen and oxygen atoms in total. The van der Waals surface area contributed by atoms with Crippen LogP contribution in [0.3, 0.4) is 0 Å². The summed E-state index contributed by atoms with van der Waals surface area (Å²) in [5.41, 5.74) is 2.04. The fourth-order valence-electron chi connectivity index (χ4n) is 2.26. The lowest BCUT2D eigenvalue weighted by Crippen LogP contribution is -2.13. The van der Waals surface area contributed by atoms with Crippen molar-refractivity contribution in [1.29, 1.82) is 0 Å². The average molecular weight is 354 g/mol. The second kappa shape index (κ2) is 7.81. The molecule has 1 N–H and O–H groups in total. The first-order valence-corrected chi connectivity index (χ1v) is 8.59. The molecule has 1 amide bonds. The number of hydrogen-bond donors (Lipinski definition) is 1. The molecule has 0 aliphatic heterocycles. The number of thiazole rings is 1. The van der Waals surface area contributed by atoms with Crippen LogP contribution in [0.4, 0.5) is 9.52 Å². The molecule has 3 aromatic rings. The van der Waals surface area contributed by atoms with E-state index < -0.39 is 0 Å². The minimum Gasteiger partial charge on any atom is -0.302 e. The molecule has 1 aromatic heterocycles. The molecule has 0 spiro atoms. The molecular formula is C19H15FN2O2S. The van der Waals surface area contributed by atoms with Crippen LogP contribution in [-0.2, 0) is 4.79 Å². The zero-order valence-corrected chi connectivity index (χ0v) is 14.1. The highest BCUT2D eigenvalue weighted by molar-refractivity contribution is 7.14. The maximum Gasteiger partial charge on any atom is 0.226 e. The van der Waals surface area contributed by atoms with E-state index in [-0.39, 0.29) is 30.3 Å². The monoisotopic (exact) mass is 354 g/mol. The lowest BCUT2D eigenvalue weighted by Gasteiger charge is -2.02. The molecule has 0 saturated carbocycles. The number of benzene rings is 2. The van der Waals surface area contributed by atoms with Gasteiger partial charge in [0, 0.05) is 29.3 Å². The molecule has 0 unspecified atom stereocenters. The Morgan fingerprint density at radius 2 is 1.72 bits per heavy atom. The van der Waals surface area contributed by atoms with Gasteiger partial charge in [0.2, 0.25) is 5.91 Å². The largest absolute Gasteiger partial charge is 0.302 e. The first-order valence-electron chi connectivity index (χ1n) is 7.71. The molecule has 0 aliphatic rings. The minimum absolute atomic E-state index is 0.0677. The van der Waals surface area contributed by atoms with E-state index in [4.69, 9.17) is 0 Å². The van der Waals surface area contributed by atoms with E-state index in [2.05, 4.69) is 10.3 Å². The number of halogens is 1. The molecule has 3 rings (SSSR count). The van der Waals surface area contributed by atoms with Gasteiger partial charge in [-0.15, -0.1) is 11.3 Å². The predicted octanol–water partition coefficient (Wildman–Crippen LogP) is 4.55. The average Bonchev–Trinajstić information content (AvgIpc) is 3.09. The van der Waals surface area contributed by atoms with Crippen molar-refractivity contribution in [2.45, 2.75) is 12.8 Å². The van der Waals surface area contributed by atoms with Crippen molar-refractivity contribution in [1.82, 2.24) is 4.98 Å². The summed E-state index contributed by atoms with van der Waals surface area (Å²) in [6.45, 7) is 0. The van der Waals surface area contributed by atoms with E-state index >= 15 is 0 Å². The van der Waals surface area contributed by atoms with Crippen molar-refractivity contribution < 1.29 is 14.0 Å². The lowest BCUT2D eigenvalue weighted by atomic mass is 10.1. The van der Waals surface area contributed by atoms with E-state index in [1.165, 1.54) is 23.5 Å². The highest BCUT2D eigenvalue weighted by Gasteiger charge is 2.11. The molecule has 126 valence electrons. The van der Waals surface area contributed by atoms with Crippen LogP contribution in [0, 0.1) is 5.82 Å². The fourth-order valence-corrected chi connectivity index (χ4v) is 3.00. The van der Waals surface area contributed by atoms with Gasteiger partial charge in [-0.2, -0.15) is 0 Å². The fraction of sp³-hybridized carbons (Fsp3) is 0.105. The Hall–Kier alpha value is -2.86. The summed E-state index contributed by atoms with van der Waals surface area (Å²) >= 11 is 1.29. The molecule has 0 bridgehead atoms. The Morgan fingerprint density at radius 1 is 1.00 bits per heavy atom. The summed E-state index contributed by atoms with van der Waals surface area (Å²) in [5.74, 6) is -0.637. The maximum atomic E-state index is 12.9. The summed E-state index contributed by atoms with van der Waals surface area (Å²) in [5, 5.41) is 4.94. The zero-order valence-electron chi connectivity index (χ0n) is 13.2. The number of amides is 1. The molecule has 2 aromatic carbocycles. The van der Waals surface area contributed by atoms with E-state index in [1.54, 1.807) is 41.8 Å². The molecule has 0 fully saturated rings. The van der Waals surface area contributed by atoms with Crippen LogP contribution in [0.2, 0.25) is 0 Å². The topological polar surface area (TPSA) is 59.1 Å². The quantitative estimate of drug-likeness (QED) is 0.661. The number of Topliss-reactive ketones (excluding diaryl/α,β-unsaturated/α-hetero) is 1. The van der Waals surface area contributed by atoms with Crippen LogP contribution < -0.4 is 5.32 Å². The van der Waals surface area contributed by atoms with Gasteiger partial charge < -0.3 is 5.32 Å². The zero-order chi connectivity index (χ0) is 17.6. The van der Waals surface area contributed by atoms with Crippen molar-refractivity contribution >= 4 is 28.2 Å². The van der Waals surface area contributed by atoms with Crippen LogP contribution >= 0.6 is 11.3 Å². The number of hydrogen-bond acceptors (Lipinski definition) is 4. The SMILES string of the molecule is O=C(CCC(=O)c1ccccc1)Nc1nc(-c2ccc(F)cc2)cs1. The summed E-state index contributed by atoms with van der Waals surface area (Å²) in [7, 11) is 0.